The van der Waals surface area contributed by atoms with Gasteiger partial charge >= 0.3 is 12.1 Å². The van der Waals surface area contributed by atoms with E-state index in [4.69, 9.17) is 21.1 Å². The van der Waals surface area contributed by atoms with Crippen molar-refractivity contribution in [3.8, 4) is 11.1 Å². The van der Waals surface area contributed by atoms with Crippen LogP contribution in [0.3, 0.4) is 0 Å². The van der Waals surface area contributed by atoms with Crippen molar-refractivity contribution >= 4 is 29.6 Å². The molecule has 1 aliphatic heterocycles. The Labute approximate surface area is 391 Å². The van der Waals surface area contributed by atoms with Crippen molar-refractivity contribution in [1.82, 2.24) is 9.80 Å². The monoisotopic (exact) mass is 892 g/mol. The number of halogens is 1. The number of hydrogen-bond donors (Lipinski definition) is 0. The van der Waals surface area contributed by atoms with Crippen molar-refractivity contribution in [1.29, 1.82) is 0 Å². The SMILES string of the molecule is CN(C(=O)OCC1c2ccccc2-c2ccccc21)[C@@H](CC(=O)OC(c1ccccc1)(c1ccc(C2CCCCCCCCCCC2)cc1)c1ccccc1Cl)C(=O)N1CCC(C)(C)C1. The minimum absolute atomic E-state index is 0.0831. The molecule has 1 saturated carbocycles. The van der Waals surface area contributed by atoms with E-state index in [2.05, 4.69) is 62.4 Å². The lowest BCUT2D eigenvalue weighted by Crippen LogP contribution is -2.51. The molecule has 1 saturated heterocycles. The van der Waals surface area contributed by atoms with Crippen molar-refractivity contribution in [2.45, 2.75) is 121 Å². The number of esters is 1. The second kappa shape index (κ2) is 20.8. The first-order valence-corrected chi connectivity index (χ1v) is 24.4. The van der Waals surface area contributed by atoms with Gasteiger partial charge in [-0.05, 0) is 64.5 Å². The standard InChI is InChI=1S/C57H65ClN2O5/c1-56(2)36-37-60(40-56)54(62)52(59(3)55(63)64-39-49-47-28-18-16-26-45(47)46-27-17-19-29-48(46)49)38-53(61)65-57(43-24-14-11-15-25-43,50-30-20-21-31-51(50)58)44-34-32-42(33-35-44)41-22-12-9-7-5-4-6-8-10-13-23-41/h11,14-21,24-35,41,49,52H,4-10,12-13,22-23,36-40H2,1-3H3/t52-,57?/m0/s1. The summed E-state index contributed by atoms with van der Waals surface area (Å²) in [5, 5.41) is 0.440. The first-order chi connectivity index (χ1) is 31.6. The summed E-state index contributed by atoms with van der Waals surface area (Å²) in [4.78, 5) is 47.0. The molecule has 5 aromatic carbocycles. The van der Waals surface area contributed by atoms with E-state index < -0.39 is 30.1 Å². The number of carbonyl (C=O) groups is 3. The second-order valence-electron chi connectivity index (χ2n) is 19.4. The molecule has 8 rings (SSSR count). The third-order valence-corrected chi connectivity index (χ3v) is 14.6. The smallest absolute Gasteiger partial charge is 0.410 e. The molecule has 2 atom stereocenters. The third-order valence-electron chi connectivity index (χ3n) is 14.3. The second-order valence-corrected chi connectivity index (χ2v) is 19.8. The molecule has 65 heavy (non-hydrogen) atoms. The Bertz CT molecular complexity index is 2360. The van der Waals surface area contributed by atoms with E-state index >= 15 is 0 Å². The Morgan fingerprint density at radius 1 is 0.708 bits per heavy atom. The van der Waals surface area contributed by atoms with Crippen molar-refractivity contribution in [3.05, 3.63) is 166 Å². The summed E-state index contributed by atoms with van der Waals surface area (Å²) in [6, 6.07) is 41.0. The van der Waals surface area contributed by atoms with Gasteiger partial charge in [0.25, 0.3) is 0 Å². The molecular weight excluding hydrogens is 828 g/mol. The molecule has 0 aromatic heterocycles. The van der Waals surface area contributed by atoms with Crippen LogP contribution in [0, 0.1) is 5.41 Å². The number of fused-ring (bicyclic) bond motifs is 3. The Hall–Kier alpha value is -5.40. The van der Waals surface area contributed by atoms with Crippen LogP contribution in [0.15, 0.2) is 127 Å². The van der Waals surface area contributed by atoms with Crippen molar-refractivity contribution in [2.75, 3.05) is 26.7 Å². The predicted molar refractivity (Wildman–Crippen MR) is 260 cm³/mol. The maximum absolute atomic E-state index is 15.0. The zero-order valence-electron chi connectivity index (χ0n) is 38.5. The van der Waals surface area contributed by atoms with Crippen LogP contribution >= 0.6 is 11.6 Å². The van der Waals surface area contributed by atoms with Gasteiger partial charge in [0.1, 0.15) is 12.6 Å². The first-order valence-electron chi connectivity index (χ1n) is 24.0. The van der Waals surface area contributed by atoms with E-state index in [0.717, 1.165) is 47.1 Å². The highest BCUT2D eigenvalue weighted by atomic mass is 35.5. The van der Waals surface area contributed by atoms with E-state index in [-0.39, 0.29) is 23.8 Å². The fraction of sp³-hybridized carbons (Fsp3) is 0.421. The minimum Gasteiger partial charge on any atom is -0.448 e. The quantitative estimate of drug-likeness (QED) is 0.0975. The normalized spacial score (nSPS) is 18.2. The van der Waals surface area contributed by atoms with Gasteiger partial charge in [-0.2, -0.15) is 0 Å². The molecule has 340 valence electrons. The Morgan fingerprint density at radius 2 is 1.25 bits per heavy atom. The number of rotatable bonds is 11. The number of ether oxygens (including phenoxy) is 2. The third kappa shape index (κ3) is 10.4. The molecule has 1 unspecified atom stereocenters. The number of benzene rings is 5. The van der Waals surface area contributed by atoms with Gasteiger partial charge in [0.15, 0.2) is 5.60 Å². The first kappa shape index (κ1) is 46.1. The zero-order valence-corrected chi connectivity index (χ0v) is 39.2. The maximum atomic E-state index is 15.0. The van der Waals surface area contributed by atoms with Gasteiger partial charge < -0.3 is 14.4 Å². The van der Waals surface area contributed by atoms with Crippen molar-refractivity contribution in [2.24, 2.45) is 5.41 Å². The van der Waals surface area contributed by atoms with Gasteiger partial charge in [-0.3, -0.25) is 14.5 Å². The Kier molecular flexibility index (Phi) is 14.8. The summed E-state index contributed by atoms with van der Waals surface area (Å²) in [6.07, 6.45) is 13.6. The van der Waals surface area contributed by atoms with Crippen LogP contribution < -0.4 is 0 Å². The fourth-order valence-corrected chi connectivity index (χ4v) is 10.9. The molecule has 0 spiro atoms. The predicted octanol–water partition coefficient (Wildman–Crippen LogP) is 13.5. The summed E-state index contributed by atoms with van der Waals surface area (Å²) >= 11 is 7.12. The molecule has 8 heteroatoms. The number of carbonyl (C=O) groups excluding carboxylic acids is 3. The molecule has 2 fully saturated rings. The topological polar surface area (TPSA) is 76.1 Å². The summed E-state index contributed by atoms with van der Waals surface area (Å²) in [5.41, 5.74) is 6.20. The van der Waals surface area contributed by atoms with Crippen LogP contribution in [0.1, 0.15) is 143 Å². The van der Waals surface area contributed by atoms with Gasteiger partial charge in [-0.15, -0.1) is 0 Å². The molecule has 7 nitrogen and oxygen atoms in total. The van der Waals surface area contributed by atoms with Gasteiger partial charge in [0.2, 0.25) is 5.91 Å². The van der Waals surface area contributed by atoms with E-state index in [1.54, 1.807) is 11.9 Å². The highest BCUT2D eigenvalue weighted by molar-refractivity contribution is 6.31. The van der Waals surface area contributed by atoms with Crippen LogP contribution in [-0.4, -0.2) is 60.6 Å². The summed E-state index contributed by atoms with van der Waals surface area (Å²) in [5.74, 6) is -0.671. The average Bonchev–Trinajstić information content (AvgIpc) is 3.85. The van der Waals surface area contributed by atoms with Crippen LogP contribution in [-0.2, 0) is 24.7 Å². The van der Waals surface area contributed by atoms with Gasteiger partial charge in [0, 0.05) is 47.8 Å². The van der Waals surface area contributed by atoms with E-state index in [1.807, 2.05) is 78.9 Å². The molecule has 5 aromatic rings. The number of nitrogens with zero attached hydrogens (tertiary/aromatic N) is 2. The maximum Gasteiger partial charge on any atom is 0.410 e. The highest BCUT2D eigenvalue weighted by Crippen LogP contribution is 2.46. The molecule has 0 radical (unpaired) electrons. The summed E-state index contributed by atoms with van der Waals surface area (Å²) in [6.45, 7) is 5.38. The summed E-state index contributed by atoms with van der Waals surface area (Å²) < 4.78 is 13.0. The van der Waals surface area contributed by atoms with Gasteiger partial charge in [-0.25, -0.2) is 4.79 Å². The van der Waals surface area contributed by atoms with Crippen molar-refractivity contribution < 1.29 is 23.9 Å². The van der Waals surface area contributed by atoms with Gasteiger partial charge in [-0.1, -0.05) is 205 Å². The van der Waals surface area contributed by atoms with Crippen LogP contribution in [0.4, 0.5) is 4.79 Å². The van der Waals surface area contributed by atoms with Crippen LogP contribution in [0.2, 0.25) is 5.02 Å². The molecule has 2 aliphatic carbocycles. The number of hydrogen-bond acceptors (Lipinski definition) is 5. The molecule has 2 amide bonds. The minimum atomic E-state index is -1.48. The molecule has 0 N–H and O–H groups in total. The number of amides is 2. The lowest BCUT2D eigenvalue weighted by Gasteiger charge is -2.37. The Balaban J connectivity index is 1.10. The van der Waals surface area contributed by atoms with E-state index in [9.17, 15) is 14.4 Å². The number of likely N-dealkylation sites (N-methyl/N-ethyl adjacent to an activating group) is 1. The van der Waals surface area contributed by atoms with E-state index in [1.165, 1.54) is 68.3 Å². The van der Waals surface area contributed by atoms with Crippen LogP contribution in [0.25, 0.3) is 11.1 Å². The molecule has 3 aliphatic rings. The zero-order chi connectivity index (χ0) is 45.4. The van der Waals surface area contributed by atoms with Crippen LogP contribution in [0.5, 0.6) is 0 Å². The van der Waals surface area contributed by atoms with Gasteiger partial charge in [0.05, 0.1) is 6.42 Å². The number of likely N-dealkylation sites (tertiary alicyclic amines) is 1. The highest BCUT2D eigenvalue weighted by Gasteiger charge is 2.45. The van der Waals surface area contributed by atoms with E-state index in [0.29, 0.717) is 35.2 Å². The fourth-order valence-electron chi connectivity index (χ4n) is 10.7. The molecule has 1 heterocycles. The average molecular weight is 894 g/mol. The lowest BCUT2D eigenvalue weighted by molar-refractivity contribution is -0.157. The largest absolute Gasteiger partial charge is 0.448 e. The molecule has 0 bridgehead atoms. The Morgan fingerprint density at radius 3 is 1.83 bits per heavy atom. The summed E-state index contributed by atoms with van der Waals surface area (Å²) in [7, 11) is 1.55. The lowest BCUT2D eigenvalue weighted by atomic mass is 9.78. The van der Waals surface area contributed by atoms with Crippen molar-refractivity contribution in [3.63, 3.8) is 0 Å². The molecular formula is C57H65ClN2O5.